The molecule has 0 aromatic rings. The largest absolute Gasteiger partial charge is 0.480 e. The molecule has 4 N–H and O–H groups in total. The van der Waals surface area contributed by atoms with Gasteiger partial charge in [0.1, 0.15) is 6.54 Å². The van der Waals surface area contributed by atoms with Gasteiger partial charge in [-0.3, -0.25) is 14.4 Å². The average molecular weight is 286 g/mol. The molecule has 1 atom stereocenters. The van der Waals surface area contributed by atoms with Gasteiger partial charge in [0.05, 0.1) is 6.54 Å². The molecule has 112 valence electrons. The summed E-state index contributed by atoms with van der Waals surface area (Å²) in [4.78, 5) is 45.5. The average Bonchev–Trinajstić information content (AvgIpc) is 2.81. The molecule has 0 aliphatic carbocycles. The molecule has 9 heteroatoms. The predicted octanol–water partition coefficient (Wildman–Crippen LogP) is -1.89. The topological polar surface area (TPSA) is 128 Å². The summed E-state index contributed by atoms with van der Waals surface area (Å²) in [6.45, 7) is 1.53. The molecular weight excluding hydrogens is 268 g/mol. The van der Waals surface area contributed by atoms with Crippen LogP contribution in [0.1, 0.15) is 13.3 Å². The molecule has 1 aliphatic rings. The minimum atomic E-state index is -1.15. The lowest BCUT2D eigenvalue weighted by Gasteiger charge is -2.17. The van der Waals surface area contributed by atoms with E-state index in [2.05, 4.69) is 16.0 Å². The van der Waals surface area contributed by atoms with Crippen LogP contribution in [0.4, 0.5) is 4.79 Å². The molecule has 0 aromatic heterocycles. The summed E-state index contributed by atoms with van der Waals surface area (Å²) in [5, 5.41) is 15.6. The molecule has 1 aliphatic heterocycles. The number of nitrogens with zero attached hydrogens (tertiary/aromatic N) is 1. The first-order chi connectivity index (χ1) is 9.38. The van der Waals surface area contributed by atoms with E-state index in [9.17, 15) is 19.2 Å². The summed E-state index contributed by atoms with van der Waals surface area (Å²) in [5.74, 6) is -1.87. The van der Waals surface area contributed by atoms with Crippen LogP contribution < -0.4 is 16.0 Å². The highest BCUT2D eigenvalue weighted by Crippen LogP contribution is 2.08. The number of rotatable bonds is 5. The molecule has 0 spiro atoms. The zero-order valence-corrected chi connectivity index (χ0v) is 11.1. The Hall–Kier alpha value is -2.32. The third-order valence-electron chi connectivity index (χ3n) is 2.72. The third-order valence-corrected chi connectivity index (χ3v) is 2.72. The third kappa shape index (κ3) is 5.55. The second-order valence-corrected chi connectivity index (χ2v) is 4.46. The van der Waals surface area contributed by atoms with Crippen LogP contribution in [0.25, 0.3) is 0 Å². The SMILES string of the molecule is CC(=O)NC1CCN(C(=O)NCC(=O)NCC(=O)O)C1. The lowest BCUT2D eigenvalue weighted by molar-refractivity contribution is -0.137. The summed E-state index contributed by atoms with van der Waals surface area (Å²) in [6.07, 6.45) is 0.665. The molecule has 1 unspecified atom stereocenters. The van der Waals surface area contributed by atoms with E-state index in [-0.39, 0.29) is 18.5 Å². The smallest absolute Gasteiger partial charge is 0.322 e. The van der Waals surface area contributed by atoms with Gasteiger partial charge in [-0.15, -0.1) is 0 Å². The van der Waals surface area contributed by atoms with Crippen molar-refractivity contribution in [1.82, 2.24) is 20.9 Å². The van der Waals surface area contributed by atoms with E-state index in [1.165, 1.54) is 11.8 Å². The van der Waals surface area contributed by atoms with Gasteiger partial charge in [-0.1, -0.05) is 0 Å². The van der Waals surface area contributed by atoms with Crippen LogP contribution in [0.3, 0.4) is 0 Å². The van der Waals surface area contributed by atoms with E-state index in [1.54, 1.807) is 0 Å². The second kappa shape index (κ2) is 7.31. The van der Waals surface area contributed by atoms with Crippen molar-refractivity contribution in [3.05, 3.63) is 0 Å². The zero-order chi connectivity index (χ0) is 15.1. The highest BCUT2D eigenvalue weighted by Gasteiger charge is 2.26. The number of carboxylic acids is 1. The van der Waals surface area contributed by atoms with E-state index in [1.807, 2.05) is 0 Å². The molecule has 0 bridgehead atoms. The van der Waals surface area contributed by atoms with Crippen LogP contribution in [0.2, 0.25) is 0 Å². The van der Waals surface area contributed by atoms with Gasteiger partial charge in [-0.2, -0.15) is 0 Å². The van der Waals surface area contributed by atoms with Crippen molar-refractivity contribution >= 4 is 23.8 Å². The number of nitrogens with one attached hydrogen (secondary N) is 3. The van der Waals surface area contributed by atoms with E-state index in [4.69, 9.17) is 5.11 Å². The molecular formula is C11H18N4O5. The van der Waals surface area contributed by atoms with Crippen molar-refractivity contribution in [2.75, 3.05) is 26.2 Å². The van der Waals surface area contributed by atoms with Gasteiger partial charge in [-0.25, -0.2) is 4.79 Å². The van der Waals surface area contributed by atoms with Crippen molar-refractivity contribution in [3.63, 3.8) is 0 Å². The minimum Gasteiger partial charge on any atom is -0.480 e. The van der Waals surface area contributed by atoms with Gasteiger partial charge in [0.25, 0.3) is 0 Å². The maximum absolute atomic E-state index is 11.7. The van der Waals surface area contributed by atoms with E-state index >= 15 is 0 Å². The zero-order valence-electron chi connectivity index (χ0n) is 11.1. The van der Waals surface area contributed by atoms with Crippen LogP contribution in [-0.4, -0.2) is 66.0 Å². The molecule has 0 saturated carbocycles. The van der Waals surface area contributed by atoms with E-state index in [0.717, 1.165) is 0 Å². The number of likely N-dealkylation sites (tertiary alicyclic amines) is 1. The molecule has 0 aromatic carbocycles. The summed E-state index contributed by atoms with van der Waals surface area (Å²) < 4.78 is 0. The molecule has 0 radical (unpaired) electrons. The normalized spacial score (nSPS) is 17.4. The molecule has 1 rings (SSSR count). The maximum atomic E-state index is 11.7. The standard InChI is InChI=1S/C11H18N4O5/c1-7(16)14-8-2-3-15(6-8)11(20)13-4-9(17)12-5-10(18)19/h8H,2-6H2,1H3,(H,12,17)(H,13,20)(H,14,16)(H,18,19). The van der Waals surface area contributed by atoms with Crippen molar-refractivity contribution in [3.8, 4) is 0 Å². The van der Waals surface area contributed by atoms with E-state index < -0.39 is 24.5 Å². The van der Waals surface area contributed by atoms with Crippen molar-refractivity contribution in [2.24, 2.45) is 0 Å². The number of carbonyl (C=O) groups is 4. The Kier molecular flexibility index (Phi) is 5.75. The summed E-state index contributed by atoms with van der Waals surface area (Å²) >= 11 is 0. The van der Waals surface area contributed by atoms with E-state index in [0.29, 0.717) is 19.5 Å². The summed E-state index contributed by atoms with van der Waals surface area (Å²) in [6, 6.07) is -0.484. The fourth-order valence-corrected chi connectivity index (χ4v) is 1.85. The second-order valence-electron chi connectivity index (χ2n) is 4.46. The Morgan fingerprint density at radius 1 is 1.20 bits per heavy atom. The number of carbonyl (C=O) groups excluding carboxylic acids is 3. The van der Waals surface area contributed by atoms with Crippen molar-refractivity contribution in [1.29, 1.82) is 0 Å². The lowest BCUT2D eigenvalue weighted by atomic mass is 10.3. The highest BCUT2D eigenvalue weighted by atomic mass is 16.4. The monoisotopic (exact) mass is 286 g/mol. The van der Waals surface area contributed by atoms with Gasteiger partial charge in [0.2, 0.25) is 11.8 Å². The Labute approximate surface area is 115 Å². The van der Waals surface area contributed by atoms with Crippen molar-refractivity contribution < 1.29 is 24.3 Å². The Bertz CT molecular complexity index is 412. The van der Waals surface area contributed by atoms with Gasteiger partial charge in [-0.05, 0) is 6.42 Å². The Balaban J connectivity index is 2.25. The van der Waals surface area contributed by atoms with Crippen LogP contribution in [-0.2, 0) is 14.4 Å². The number of hydrogen-bond donors (Lipinski definition) is 4. The first kappa shape index (κ1) is 15.7. The maximum Gasteiger partial charge on any atom is 0.322 e. The van der Waals surface area contributed by atoms with Gasteiger partial charge < -0.3 is 26.0 Å². The summed E-state index contributed by atoms with van der Waals surface area (Å²) in [7, 11) is 0. The van der Waals surface area contributed by atoms with Gasteiger partial charge in [0, 0.05) is 26.1 Å². The molecule has 1 fully saturated rings. The molecule has 9 nitrogen and oxygen atoms in total. The van der Waals surface area contributed by atoms with Crippen LogP contribution in [0.5, 0.6) is 0 Å². The first-order valence-electron chi connectivity index (χ1n) is 6.17. The number of aliphatic carboxylic acids is 1. The fourth-order valence-electron chi connectivity index (χ4n) is 1.85. The number of urea groups is 1. The minimum absolute atomic E-state index is 0.0703. The van der Waals surface area contributed by atoms with Crippen LogP contribution in [0.15, 0.2) is 0 Å². The number of carboxylic acid groups (broad SMARTS) is 1. The number of amides is 4. The van der Waals surface area contributed by atoms with Crippen LogP contribution >= 0.6 is 0 Å². The molecule has 4 amide bonds. The highest BCUT2D eigenvalue weighted by molar-refractivity contribution is 5.86. The van der Waals surface area contributed by atoms with Gasteiger partial charge in [0.15, 0.2) is 0 Å². The van der Waals surface area contributed by atoms with Crippen LogP contribution in [0, 0.1) is 0 Å². The molecule has 1 heterocycles. The fraction of sp³-hybridized carbons (Fsp3) is 0.636. The Morgan fingerprint density at radius 3 is 2.50 bits per heavy atom. The van der Waals surface area contributed by atoms with Gasteiger partial charge >= 0.3 is 12.0 Å². The Morgan fingerprint density at radius 2 is 1.90 bits per heavy atom. The lowest BCUT2D eigenvalue weighted by Crippen LogP contribution is -2.45. The van der Waals surface area contributed by atoms with Crippen molar-refractivity contribution in [2.45, 2.75) is 19.4 Å². The number of hydrogen-bond acceptors (Lipinski definition) is 4. The molecule has 1 saturated heterocycles. The molecule has 20 heavy (non-hydrogen) atoms. The first-order valence-corrected chi connectivity index (χ1v) is 6.17. The quantitative estimate of drug-likeness (QED) is 0.469. The predicted molar refractivity (Wildman–Crippen MR) is 67.8 cm³/mol. The summed E-state index contributed by atoms with van der Waals surface area (Å²) in [5.41, 5.74) is 0.